The SMILES string of the molecule is CCC(C)(CNC(=O)C1CCCO1)C(=O)O. The Labute approximate surface area is 95.2 Å². The van der Waals surface area contributed by atoms with Gasteiger partial charge in [0, 0.05) is 13.2 Å². The van der Waals surface area contributed by atoms with Gasteiger partial charge in [-0.2, -0.15) is 0 Å². The molecule has 2 N–H and O–H groups in total. The summed E-state index contributed by atoms with van der Waals surface area (Å²) >= 11 is 0. The molecule has 0 radical (unpaired) electrons. The number of carbonyl (C=O) groups excluding carboxylic acids is 1. The molecular weight excluding hydrogens is 210 g/mol. The summed E-state index contributed by atoms with van der Waals surface area (Å²) < 4.78 is 5.21. The van der Waals surface area contributed by atoms with E-state index in [1.807, 2.05) is 0 Å². The molecule has 1 saturated heterocycles. The normalized spacial score (nSPS) is 23.8. The van der Waals surface area contributed by atoms with Crippen LogP contribution in [0.1, 0.15) is 33.1 Å². The largest absolute Gasteiger partial charge is 0.481 e. The molecule has 16 heavy (non-hydrogen) atoms. The van der Waals surface area contributed by atoms with E-state index in [-0.39, 0.29) is 12.5 Å². The topological polar surface area (TPSA) is 75.6 Å². The van der Waals surface area contributed by atoms with Gasteiger partial charge >= 0.3 is 5.97 Å². The zero-order chi connectivity index (χ0) is 12.2. The van der Waals surface area contributed by atoms with Crippen molar-refractivity contribution in [3.8, 4) is 0 Å². The summed E-state index contributed by atoms with van der Waals surface area (Å²) in [7, 11) is 0. The molecule has 1 amide bonds. The number of carboxylic acids is 1. The lowest BCUT2D eigenvalue weighted by Gasteiger charge is -2.24. The number of ether oxygens (including phenoxy) is 1. The monoisotopic (exact) mass is 229 g/mol. The Morgan fingerprint density at radius 3 is 2.69 bits per heavy atom. The van der Waals surface area contributed by atoms with Crippen LogP contribution in [-0.2, 0) is 14.3 Å². The summed E-state index contributed by atoms with van der Waals surface area (Å²) in [5.41, 5.74) is -0.895. The molecule has 1 fully saturated rings. The number of hydrogen-bond acceptors (Lipinski definition) is 3. The fourth-order valence-electron chi connectivity index (χ4n) is 1.53. The highest BCUT2D eigenvalue weighted by molar-refractivity contribution is 5.82. The lowest BCUT2D eigenvalue weighted by Crippen LogP contribution is -2.44. The summed E-state index contributed by atoms with van der Waals surface area (Å²) in [5, 5.41) is 11.7. The van der Waals surface area contributed by atoms with Crippen LogP contribution in [0.4, 0.5) is 0 Å². The molecule has 0 bridgehead atoms. The van der Waals surface area contributed by atoms with Crippen molar-refractivity contribution in [1.29, 1.82) is 0 Å². The molecule has 1 rings (SSSR count). The second kappa shape index (κ2) is 5.30. The summed E-state index contributed by atoms with van der Waals surface area (Å²) in [5.74, 6) is -1.08. The van der Waals surface area contributed by atoms with Gasteiger partial charge in [-0.15, -0.1) is 0 Å². The van der Waals surface area contributed by atoms with Crippen LogP contribution < -0.4 is 5.32 Å². The molecule has 1 aliphatic rings. The molecule has 2 unspecified atom stereocenters. The van der Waals surface area contributed by atoms with Crippen LogP contribution in [0.25, 0.3) is 0 Å². The standard InChI is InChI=1S/C11H19NO4/c1-3-11(2,10(14)15)7-12-9(13)8-5-4-6-16-8/h8H,3-7H2,1-2H3,(H,12,13)(H,14,15). The number of carbonyl (C=O) groups is 2. The highest BCUT2D eigenvalue weighted by atomic mass is 16.5. The summed E-state index contributed by atoms with van der Waals surface area (Å²) in [6, 6.07) is 0. The predicted octanol–water partition coefficient (Wildman–Crippen LogP) is 0.782. The van der Waals surface area contributed by atoms with Gasteiger partial charge in [-0.25, -0.2) is 0 Å². The Morgan fingerprint density at radius 1 is 1.56 bits per heavy atom. The van der Waals surface area contributed by atoms with Crippen LogP contribution in [0.5, 0.6) is 0 Å². The molecule has 0 saturated carbocycles. The zero-order valence-corrected chi connectivity index (χ0v) is 9.78. The Bertz CT molecular complexity index is 273. The third-order valence-electron chi connectivity index (χ3n) is 3.17. The molecule has 0 aliphatic carbocycles. The average Bonchev–Trinajstić information content (AvgIpc) is 2.78. The molecule has 0 aromatic carbocycles. The minimum atomic E-state index is -0.895. The minimum Gasteiger partial charge on any atom is -0.481 e. The van der Waals surface area contributed by atoms with Gasteiger partial charge in [0.25, 0.3) is 0 Å². The lowest BCUT2D eigenvalue weighted by atomic mass is 9.87. The van der Waals surface area contributed by atoms with Gasteiger partial charge in [0.2, 0.25) is 5.91 Å². The van der Waals surface area contributed by atoms with E-state index < -0.39 is 17.5 Å². The van der Waals surface area contributed by atoms with Crippen LogP contribution in [-0.4, -0.2) is 36.2 Å². The maximum Gasteiger partial charge on any atom is 0.311 e. The fourth-order valence-corrected chi connectivity index (χ4v) is 1.53. The van der Waals surface area contributed by atoms with Gasteiger partial charge in [-0.1, -0.05) is 6.92 Å². The van der Waals surface area contributed by atoms with Gasteiger partial charge in [0.15, 0.2) is 0 Å². The van der Waals surface area contributed by atoms with Crippen LogP contribution >= 0.6 is 0 Å². The molecule has 1 aliphatic heterocycles. The molecular formula is C11H19NO4. The molecule has 0 aromatic heterocycles. The van der Waals surface area contributed by atoms with Crippen molar-refractivity contribution in [1.82, 2.24) is 5.32 Å². The average molecular weight is 229 g/mol. The third-order valence-corrected chi connectivity index (χ3v) is 3.17. The number of aliphatic carboxylic acids is 1. The Morgan fingerprint density at radius 2 is 2.25 bits per heavy atom. The number of carboxylic acid groups (broad SMARTS) is 1. The van der Waals surface area contributed by atoms with Crippen molar-refractivity contribution in [2.75, 3.05) is 13.2 Å². The smallest absolute Gasteiger partial charge is 0.311 e. The van der Waals surface area contributed by atoms with E-state index in [9.17, 15) is 9.59 Å². The minimum absolute atomic E-state index is 0.150. The lowest BCUT2D eigenvalue weighted by molar-refractivity contribution is -0.148. The first-order valence-corrected chi connectivity index (χ1v) is 5.62. The Kier molecular flexibility index (Phi) is 4.29. The second-order valence-electron chi connectivity index (χ2n) is 4.44. The van der Waals surface area contributed by atoms with Gasteiger partial charge in [-0.3, -0.25) is 9.59 Å². The van der Waals surface area contributed by atoms with Gasteiger partial charge in [0.1, 0.15) is 6.10 Å². The highest BCUT2D eigenvalue weighted by Gasteiger charge is 2.33. The number of amides is 1. The van der Waals surface area contributed by atoms with Crippen molar-refractivity contribution in [3.05, 3.63) is 0 Å². The van der Waals surface area contributed by atoms with Crippen molar-refractivity contribution in [2.24, 2.45) is 5.41 Å². The third kappa shape index (κ3) is 2.95. The van der Waals surface area contributed by atoms with Gasteiger partial charge in [0.05, 0.1) is 5.41 Å². The van der Waals surface area contributed by atoms with Gasteiger partial charge < -0.3 is 15.2 Å². The number of hydrogen-bond donors (Lipinski definition) is 2. The van der Waals surface area contributed by atoms with Crippen LogP contribution in [0.15, 0.2) is 0 Å². The van der Waals surface area contributed by atoms with E-state index in [1.54, 1.807) is 13.8 Å². The van der Waals surface area contributed by atoms with E-state index in [4.69, 9.17) is 9.84 Å². The first-order chi connectivity index (χ1) is 7.49. The quantitative estimate of drug-likeness (QED) is 0.730. The molecule has 0 aromatic rings. The molecule has 1 heterocycles. The van der Waals surface area contributed by atoms with Crippen LogP contribution in [0.3, 0.4) is 0 Å². The molecule has 5 heteroatoms. The summed E-state index contributed by atoms with van der Waals surface area (Å²) in [4.78, 5) is 22.6. The molecule has 5 nitrogen and oxygen atoms in total. The van der Waals surface area contributed by atoms with E-state index in [2.05, 4.69) is 5.32 Å². The van der Waals surface area contributed by atoms with E-state index in [1.165, 1.54) is 0 Å². The van der Waals surface area contributed by atoms with E-state index in [0.717, 1.165) is 12.8 Å². The number of nitrogens with one attached hydrogen (secondary N) is 1. The first kappa shape index (κ1) is 13.0. The maximum absolute atomic E-state index is 11.6. The van der Waals surface area contributed by atoms with Gasteiger partial charge in [-0.05, 0) is 26.2 Å². The van der Waals surface area contributed by atoms with Crippen molar-refractivity contribution in [2.45, 2.75) is 39.2 Å². The maximum atomic E-state index is 11.6. The van der Waals surface area contributed by atoms with E-state index >= 15 is 0 Å². The predicted molar refractivity (Wildman–Crippen MR) is 58.0 cm³/mol. The van der Waals surface area contributed by atoms with E-state index in [0.29, 0.717) is 13.0 Å². The highest BCUT2D eigenvalue weighted by Crippen LogP contribution is 2.20. The Hall–Kier alpha value is -1.10. The van der Waals surface area contributed by atoms with Crippen LogP contribution in [0.2, 0.25) is 0 Å². The molecule has 0 spiro atoms. The first-order valence-electron chi connectivity index (χ1n) is 5.62. The van der Waals surface area contributed by atoms with Crippen molar-refractivity contribution in [3.63, 3.8) is 0 Å². The van der Waals surface area contributed by atoms with Crippen molar-refractivity contribution < 1.29 is 19.4 Å². The number of rotatable bonds is 5. The zero-order valence-electron chi connectivity index (χ0n) is 9.78. The second-order valence-corrected chi connectivity index (χ2v) is 4.44. The molecule has 2 atom stereocenters. The fraction of sp³-hybridized carbons (Fsp3) is 0.818. The molecule has 92 valence electrons. The summed E-state index contributed by atoms with van der Waals surface area (Å²) in [6.07, 6.45) is 1.70. The Balaban J connectivity index is 2.43. The van der Waals surface area contributed by atoms with Crippen molar-refractivity contribution >= 4 is 11.9 Å². The van der Waals surface area contributed by atoms with Crippen LogP contribution in [0, 0.1) is 5.41 Å². The summed E-state index contributed by atoms with van der Waals surface area (Å²) in [6.45, 7) is 4.19.